The lowest BCUT2D eigenvalue weighted by atomic mass is 10.0. The van der Waals surface area contributed by atoms with E-state index in [-0.39, 0.29) is 17.7 Å². The molecule has 1 amide bonds. The second-order valence-corrected chi connectivity index (χ2v) is 8.71. The van der Waals surface area contributed by atoms with E-state index in [0.29, 0.717) is 5.16 Å². The monoisotopic (exact) mass is 451 g/mol. The first-order valence-electron chi connectivity index (χ1n) is 9.59. The number of thiophene rings is 1. The maximum Gasteiger partial charge on any atom is 0.231 e. The van der Waals surface area contributed by atoms with Crippen LogP contribution in [0.4, 0.5) is 0 Å². The van der Waals surface area contributed by atoms with Gasteiger partial charge in [0.1, 0.15) is 5.75 Å². The maximum atomic E-state index is 12.8. The molecule has 2 aromatic carbocycles. The van der Waals surface area contributed by atoms with Crippen molar-refractivity contribution in [2.45, 2.75) is 18.1 Å². The first-order valence-corrected chi connectivity index (χ1v) is 11.5. The lowest BCUT2D eigenvalue weighted by Crippen LogP contribution is -2.30. The number of hydrogen-bond donors (Lipinski definition) is 1. The lowest BCUT2D eigenvalue weighted by molar-refractivity contribution is -0.119. The third-order valence-corrected chi connectivity index (χ3v) is 6.49. The minimum Gasteiger partial charge on any atom is -0.497 e. The van der Waals surface area contributed by atoms with E-state index in [9.17, 15) is 4.79 Å². The van der Waals surface area contributed by atoms with Crippen molar-refractivity contribution in [3.05, 3.63) is 82.0 Å². The van der Waals surface area contributed by atoms with Crippen molar-refractivity contribution in [2.75, 3.05) is 12.9 Å². The summed E-state index contributed by atoms with van der Waals surface area (Å²) in [6.07, 6.45) is 0. The number of methoxy groups -OCH3 is 1. The zero-order valence-corrected chi connectivity index (χ0v) is 18.7. The first kappa shape index (κ1) is 21.1. The number of tetrazole rings is 1. The van der Waals surface area contributed by atoms with Crippen LogP contribution in [0.5, 0.6) is 5.75 Å². The summed E-state index contributed by atoms with van der Waals surface area (Å²) in [7, 11) is 1.62. The van der Waals surface area contributed by atoms with Crippen LogP contribution in [0.3, 0.4) is 0 Å². The molecule has 2 heterocycles. The number of ether oxygens (including phenoxy) is 1. The first-order chi connectivity index (χ1) is 15.1. The van der Waals surface area contributed by atoms with Crippen molar-refractivity contribution >= 4 is 29.0 Å². The van der Waals surface area contributed by atoms with Gasteiger partial charge in [0.25, 0.3) is 0 Å². The number of thioether (sulfide) groups is 1. The third-order valence-electron chi connectivity index (χ3n) is 4.63. The molecule has 7 nitrogen and oxygen atoms in total. The molecule has 0 unspecified atom stereocenters. The molecule has 2 aromatic heterocycles. The van der Waals surface area contributed by atoms with Crippen molar-refractivity contribution in [2.24, 2.45) is 0 Å². The normalized spacial score (nSPS) is 11.8. The number of hydrogen-bond acceptors (Lipinski definition) is 7. The van der Waals surface area contributed by atoms with Crippen LogP contribution < -0.4 is 10.1 Å². The number of carbonyl (C=O) groups is 1. The predicted molar refractivity (Wildman–Crippen MR) is 122 cm³/mol. The van der Waals surface area contributed by atoms with Crippen LogP contribution in [-0.2, 0) is 4.79 Å². The average molecular weight is 452 g/mol. The van der Waals surface area contributed by atoms with Crippen LogP contribution >= 0.6 is 23.1 Å². The van der Waals surface area contributed by atoms with Crippen molar-refractivity contribution in [3.63, 3.8) is 0 Å². The van der Waals surface area contributed by atoms with Crippen LogP contribution in [0.25, 0.3) is 5.69 Å². The number of nitrogens with zero attached hydrogens (tertiary/aromatic N) is 4. The summed E-state index contributed by atoms with van der Waals surface area (Å²) in [6, 6.07) is 19.5. The summed E-state index contributed by atoms with van der Waals surface area (Å²) in [4.78, 5) is 13.9. The summed E-state index contributed by atoms with van der Waals surface area (Å²) in [5, 5.41) is 17.6. The number of carbonyl (C=O) groups excluding carboxylic acids is 1. The highest BCUT2D eigenvalue weighted by atomic mass is 32.2. The summed E-state index contributed by atoms with van der Waals surface area (Å²) in [5.41, 5.74) is 3.03. The topological polar surface area (TPSA) is 81.9 Å². The molecule has 158 valence electrons. The van der Waals surface area contributed by atoms with Crippen LogP contribution in [0.15, 0.2) is 71.2 Å². The smallest absolute Gasteiger partial charge is 0.231 e. The summed E-state index contributed by atoms with van der Waals surface area (Å²) >= 11 is 2.91. The standard InChI is InChI=1S/C22H21N5O2S2/c1-15-5-7-16(8-6-15)21(19-4-3-13-30-19)23-20(28)14-31-22-24-25-26-27(22)17-9-11-18(29-2)12-10-17/h3-13,21H,14H2,1-2H3,(H,23,28)/t21-/m0/s1. The van der Waals surface area contributed by atoms with E-state index in [1.54, 1.807) is 23.1 Å². The molecule has 4 rings (SSSR count). The molecule has 0 saturated carbocycles. The molecule has 1 atom stereocenters. The van der Waals surface area contributed by atoms with E-state index in [1.807, 2.05) is 48.7 Å². The Morgan fingerprint density at radius 1 is 1.16 bits per heavy atom. The van der Waals surface area contributed by atoms with Crippen LogP contribution in [0.2, 0.25) is 0 Å². The van der Waals surface area contributed by atoms with Gasteiger partial charge < -0.3 is 10.1 Å². The average Bonchev–Trinajstić information content (AvgIpc) is 3.49. The maximum absolute atomic E-state index is 12.8. The molecule has 4 aromatic rings. The molecule has 0 spiro atoms. The number of rotatable bonds is 8. The fraction of sp³-hybridized carbons (Fsp3) is 0.182. The fourth-order valence-electron chi connectivity index (χ4n) is 3.02. The minimum absolute atomic E-state index is 0.0896. The van der Waals surface area contributed by atoms with Crippen LogP contribution in [0.1, 0.15) is 22.0 Å². The number of aryl methyl sites for hydroxylation is 1. The van der Waals surface area contributed by atoms with Gasteiger partial charge in [0.05, 0.1) is 24.6 Å². The molecule has 31 heavy (non-hydrogen) atoms. The Bertz CT molecular complexity index is 1130. The van der Waals surface area contributed by atoms with E-state index < -0.39 is 0 Å². The molecular formula is C22H21N5O2S2. The highest BCUT2D eigenvalue weighted by molar-refractivity contribution is 7.99. The van der Waals surface area contributed by atoms with Crippen molar-refractivity contribution in [1.82, 2.24) is 25.5 Å². The van der Waals surface area contributed by atoms with Gasteiger partial charge in [-0.15, -0.1) is 16.4 Å². The van der Waals surface area contributed by atoms with Crippen LogP contribution in [-0.4, -0.2) is 39.0 Å². The third kappa shape index (κ3) is 5.12. The van der Waals surface area contributed by atoms with E-state index in [2.05, 4.69) is 45.1 Å². The number of benzene rings is 2. The molecule has 0 aliphatic carbocycles. The molecule has 1 N–H and O–H groups in total. The Hall–Kier alpha value is -3.17. The SMILES string of the molecule is COc1ccc(-n2nnnc2SCC(=O)N[C@@H](c2ccc(C)cc2)c2cccs2)cc1. The second-order valence-electron chi connectivity index (χ2n) is 6.79. The van der Waals surface area contributed by atoms with E-state index in [0.717, 1.165) is 21.9 Å². The molecule has 0 saturated heterocycles. The van der Waals surface area contributed by atoms with Crippen LogP contribution in [0, 0.1) is 6.92 Å². The van der Waals surface area contributed by atoms with Gasteiger partial charge in [-0.05, 0) is 58.6 Å². The number of amides is 1. The Morgan fingerprint density at radius 3 is 2.61 bits per heavy atom. The predicted octanol–water partition coefficient (Wildman–Crippen LogP) is 4.04. The van der Waals surface area contributed by atoms with E-state index in [4.69, 9.17) is 4.74 Å². The largest absolute Gasteiger partial charge is 0.497 e. The molecule has 0 radical (unpaired) electrons. The molecule has 0 aliphatic heterocycles. The Balaban J connectivity index is 1.45. The Morgan fingerprint density at radius 2 is 1.94 bits per heavy atom. The zero-order chi connectivity index (χ0) is 21.6. The molecule has 0 bridgehead atoms. The lowest BCUT2D eigenvalue weighted by Gasteiger charge is -2.18. The van der Waals surface area contributed by atoms with Gasteiger partial charge in [-0.25, -0.2) is 0 Å². The van der Waals surface area contributed by atoms with Crippen molar-refractivity contribution < 1.29 is 9.53 Å². The van der Waals surface area contributed by atoms with Gasteiger partial charge in [0.15, 0.2) is 0 Å². The van der Waals surface area contributed by atoms with E-state index in [1.165, 1.54) is 17.3 Å². The van der Waals surface area contributed by atoms with E-state index >= 15 is 0 Å². The Labute approximate surface area is 188 Å². The highest BCUT2D eigenvalue weighted by Gasteiger charge is 2.19. The number of aromatic nitrogens is 4. The molecule has 0 aliphatic rings. The van der Waals surface area contributed by atoms with Gasteiger partial charge in [0.2, 0.25) is 11.1 Å². The van der Waals surface area contributed by atoms with Crippen molar-refractivity contribution in [3.8, 4) is 11.4 Å². The van der Waals surface area contributed by atoms with Gasteiger partial charge in [0, 0.05) is 4.88 Å². The fourth-order valence-corrected chi connectivity index (χ4v) is 4.52. The van der Waals surface area contributed by atoms with Gasteiger partial charge in [-0.2, -0.15) is 4.68 Å². The molecular weight excluding hydrogens is 430 g/mol. The molecule has 0 fully saturated rings. The Kier molecular flexibility index (Phi) is 6.63. The van der Waals surface area contributed by atoms with Crippen molar-refractivity contribution in [1.29, 1.82) is 0 Å². The summed E-state index contributed by atoms with van der Waals surface area (Å²) in [5.74, 6) is 0.860. The zero-order valence-electron chi connectivity index (χ0n) is 17.1. The number of nitrogens with one attached hydrogen (secondary N) is 1. The summed E-state index contributed by atoms with van der Waals surface area (Å²) in [6.45, 7) is 2.05. The van der Waals surface area contributed by atoms with Gasteiger partial charge in [-0.3, -0.25) is 4.79 Å². The van der Waals surface area contributed by atoms with Gasteiger partial charge >= 0.3 is 0 Å². The summed E-state index contributed by atoms with van der Waals surface area (Å²) < 4.78 is 6.79. The second kappa shape index (κ2) is 9.76. The highest BCUT2D eigenvalue weighted by Crippen LogP contribution is 2.27. The quantitative estimate of drug-likeness (QED) is 0.407. The van der Waals surface area contributed by atoms with Gasteiger partial charge in [-0.1, -0.05) is 47.7 Å². The minimum atomic E-state index is -0.189. The molecule has 9 heteroatoms.